The van der Waals surface area contributed by atoms with E-state index in [0.717, 1.165) is 19.3 Å². The molecule has 1 amide bonds. The van der Waals surface area contributed by atoms with Crippen molar-refractivity contribution in [3.63, 3.8) is 0 Å². The topological polar surface area (TPSA) is 75.6 Å². The summed E-state index contributed by atoms with van der Waals surface area (Å²) in [5.74, 6) is -0.907. The van der Waals surface area contributed by atoms with E-state index in [1.807, 2.05) is 13.8 Å². The molecule has 1 aliphatic carbocycles. The third kappa shape index (κ3) is 3.37. The molecule has 0 heterocycles. The van der Waals surface area contributed by atoms with Crippen LogP contribution in [0, 0.1) is 11.3 Å². The van der Waals surface area contributed by atoms with Crippen LogP contribution in [0.25, 0.3) is 0 Å². The van der Waals surface area contributed by atoms with Gasteiger partial charge in [-0.25, -0.2) is 4.79 Å². The van der Waals surface area contributed by atoms with Crippen LogP contribution in [0.4, 0.5) is 4.79 Å². The fourth-order valence-corrected chi connectivity index (χ4v) is 2.11. The number of aliphatic carboxylic acids is 1. The van der Waals surface area contributed by atoms with Gasteiger partial charge in [0.1, 0.15) is 6.10 Å². The van der Waals surface area contributed by atoms with Gasteiger partial charge in [-0.3, -0.25) is 4.79 Å². The predicted octanol–water partition coefficient (Wildman–Crippen LogP) is 2.40. The SMILES string of the molecule is CC(C)C(NC(=O)OC1CCC1)C(C)(C)C(=O)O. The summed E-state index contributed by atoms with van der Waals surface area (Å²) in [6, 6.07) is -0.456. The van der Waals surface area contributed by atoms with Crippen LogP contribution in [-0.4, -0.2) is 29.3 Å². The predicted molar refractivity (Wildman–Crippen MR) is 67.3 cm³/mol. The maximum atomic E-state index is 11.7. The van der Waals surface area contributed by atoms with Gasteiger partial charge in [-0.2, -0.15) is 0 Å². The zero-order chi connectivity index (χ0) is 13.9. The fourth-order valence-electron chi connectivity index (χ4n) is 2.11. The van der Waals surface area contributed by atoms with Crippen molar-refractivity contribution in [2.45, 2.75) is 59.1 Å². The highest BCUT2D eigenvalue weighted by Gasteiger charge is 2.40. The van der Waals surface area contributed by atoms with Gasteiger partial charge >= 0.3 is 12.1 Å². The second kappa shape index (κ2) is 5.59. The summed E-state index contributed by atoms with van der Waals surface area (Å²) in [6.45, 7) is 7.01. The Morgan fingerprint density at radius 2 is 1.89 bits per heavy atom. The van der Waals surface area contributed by atoms with Gasteiger partial charge in [-0.15, -0.1) is 0 Å². The molecule has 0 aromatic heterocycles. The zero-order valence-electron chi connectivity index (χ0n) is 11.5. The van der Waals surface area contributed by atoms with E-state index < -0.39 is 23.5 Å². The van der Waals surface area contributed by atoms with E-state index in [1.54, 1.807) is 13.8 Å². The molecule has 1 saturated carbocycles. The minimum absolute atomic E-state index is 0.00533. The van der Waals surface area contributed by atoms with Crippen molar-refractivity contribution in [1.29, 1.82) is 0 Å². The summed E-state index contributed by atoms with van der Waals surface area (Å²) in [4.78, 5) is 22.9. The molecular formula is C13H23NO4. The molecule has 104 valence electrons. The van der Waals surface area contributed by atoms with Crippen molar-refractivity contribution >= 4 is 12.1 Å². The van der Waals surface area contributed by atoms with Gasteiger partial charge < -0.3 is 15.2 Å². The van der Waals surface area contributed by atoms with Gasteiger partial charge in [0.05, 0.1) is 11.5 Å². The van der Waals surface area contributed by atoms with Crippen molar-refractivity contribution in [2.24, 2.45) is 11.3 Å². The Balaban J connectivity index is 2.62. The molecule has 5 heteroatoms. The first-order valence-electron chi connectivity index (χ1n) is 6.45. The lowest BCUT2D eigenvalue weighted by Gasteiger charge is -2.35. The van der Waals surface area contributed by atoms with Crippen LogP contribution in [0.1, 0.15) is 47.0 Å². The Labute approximate surface area is 108 Å². The summed E-state index contributed by atoms with van der Waals surface area (Å²) in [6.07, 6.45) is 2.40. The van der Waals surface area contributed by atoms with Crippen LogP contribution in [-0.2, 0) is 9.53 Å². The molecule has 0 aromatic rings. The Morgan fingerprint density at radius 3 is 2.22 bits per heavy atom. The smallest absolute Gasteiger partial charge is 0.407 e. The summed E-state index contributed by atoms with van der Waals surface area (Å²) in [5.41, 5.74) is -1.02. The third-order valence-electron chi connectivity index (χ3n) is 3.59. The van der Waals surface area contributed by atoms with Crippen LogP contribution in [0.2, 0.25) is 0 Å². The molecule has 2 N–H and O–H groups in total. The van der Waals surface area contributed by atoms with Crippen LogP contribution in [0.5, 0.6) is 0 Å². The van der Waals surface area contributed by atoms with E-state index in [-0.39, 0.29) is 12.0 Å². The number of hydrogen-bond acceptors (Lipinski definition) is 3. The van der Waals surface area contributed by atoms with Crippen molar-refractivity contribution in [3.8, 4) is 0 Å². The van der Waals surface area contributed by atoms with Gasteiger partial charge in [0.25, 0.3) is 0 Å². The number of nitrogens with one attached hydrogen (secondary N) is 1. The number of hydrogen-bond donors (Lipinski definition) is 2. The van der Waals surface area contributed by atoms with Crippen molar-refractivity contribution in [2.75, 3.05) is 0 Å². The standard InChI is InChI=1S/C13H23NO4/c1-8(2)10(13(3,4)11(15)16)14-12(17)18-9-6-5-7-9/h8-10H,5-7H2,1-4H3,(H,14,17)(H,15,16). The molecule has 0 radical (unpaired) electrons. The number of rotatable bonds is 5. The summed E-state index contributed by atoms with van der Waals surface area (Å²) >= 11 is 0. The maximum Gasteiger partial charge on any atom is 0.407 e. The molecule has 1 unspecified atom stereocenters. The largest absolute Gasteiger partial charge is 0.481 e. The maximum absolute atomic E-state index is 11.7. The Morgan fingerprint density at radius 1 is 1.33 bits per heavy atom. The van der Waals surface area contributed by atoms with Gasteiger partial charge in [0, 0.05) is 0 Å². The van der Waals surface area contributed by atoms with Crippen LogP contribution in [0.3, 0.4) is 0 Å². The molecular weight excluding hydrogens is 234 g/mol. The monoisotopic (exact) mass is 257 g/mol. The molecule has 1 atom stereocenters. The number of carbonyl (C=O) groups is 2. The molecule has 0 aromatic carbocycles. The third-order valence-corrected chi connectivity index (χ3v) is 3.59. The normalized spacial score (nSPS) is 18.1. The number of ether oxygens (including phenoxy) is 1. The van der Waals surface area contributed by atoms with Crippen molar-refractivity contribution in [3.05, 3.63) is 0 Å². The first kappa shape index (κ1) is 14.8. The summed E-state index contributed by atoms with van der Waals surface area (Å²) in [7, 11) is 0. The first-order valence-corrected chi connectivity index (χ1v) is 6.45. The van der Waals surface area contributed by atoms with E-state index in [4.69, 9.17) is 4.74 Å². The van der Waals surface area contributed by atoms with E-state index >= 15 is 0 Å². The van der Waals surface area contributed by atoms with Crippen molar-refractivity contribution in [1.82, 2.24) is 5.32 Å². The van der Waals surface area contributed by atoms with Gasteiger partial charge in [-0.05, 0) is 39.0 Å². The highest BCUT2D eigenvalue weighted by molar-refractivity contribution is 5.76. The molecule has 1 aliphatic rings. The van der Waals surface area contributed by atoms with E-state index in [9.17, 15) is 14.7 Å². The van der Waals surface area contributed by atoms with Crippen LogP contribution < -0.4 is 5.32 Å². The van der Waals surface area contributed by atoms with E-state index in [1.165, 1.54) is 0 Å². The summed E-state index contributed by atoms with van der Waals surface area (Å²) < 4.78 is 5.20. The zero-order valence-corrected chi connectivity index (χ0v) is 11.5. The lowest BCUT2D eigenvalue weighted by Crippen LogP contribution is -2.52. The molecule has 0 saturated heterocycles. The molecule has 0 spiro atoms. The quantitative estimate of drug-likeness (QED) is 0.793. The van der Waals surface area contributed by atoms with Crippen LogP contribution >= 0.6 is 0 Å². The Bertz CT molecular complexity index is 321. The second-order valence-electron chi connectivity index (χ2n) is 5.85. The van der Waals surface area contributed by atoms with Gasteiger partial charge in [0.15, 0.2) is 0 Å². The fraction of sp³-hybridized carbons (Fsp3) is 0.846. The Kier molecular flexibility index (Phi) is 4.59. The highest BCUT2D eigenvalue weighted by Crippen LogP contribution is 2.27. The van der Waals surface area contributed by atoms with E-state index in [0.29, 0.717) is 0 Å². The lowest BCUT2D eigenvalue weighted by molar-refractivity contribution is -0.149. The number of amides is 1. The molecule has 0 aliphatic heterocycles. The van der Waals surface area contributed by atoms with Crippen LogP contribution in [0.15, 0.2) is 0 Å². The minimum Gasteiger partial charge on any atom is -0.481 e. The summed E-state index contributed by atoms with van der Waals surface area (Å²) in [5, 5.41) is 11.9. The molecule has 18 heavy (non-hydrogen) atoms. The molecule has 1 fully saturated rings. The molecule has 0 bridgehead atoms. The first-order chi connectivity index (χ1) is 8.25. The number of carbonyl (C=O) groups excluding carboxylic acids is 1. The highest BCUT2D eigenvalue weighted by atomic mass is 16.6. The average molecular weight is 257 g/mol. The number of carboxylic acid groups (broad SMARTS) is 1. The van der Waals surface area contributed by atoms with Gasteiger partial charge in [-0.1, -0.05) is 13.8 Å². The van der Waals surface area contributed by atoms with E-state index in [2.05, 4.69) is 5.32 Å². The number of carboxylic acids is 1. The molecule has 1 rings (SSSR count). The Hall–Kier alpha value is -1.26. The lowest BCUT2D eigenvalue weighted by atomic mass is 9.78. The van der Waals surface area contributed by atoms with Gasteiger partial charge in [0.2, 0.25) is 0 Å². The number of alkyl carbamates (subject to hydrolysis) is 1. The average Bonchev–Trinajstić information content (AvgIpc) is 2.19. The van der Waals surface area contributed by atoms with Crippen molar-refractivity contribution < 1.29 is 19.4 Å². The second-order valence-corrected chi connectivity index (χ2v) is 5.85. The minimum atomic E-state index is -1.02. The molecule has 5 nitrogen and oxygen atoms in total.